The number of aliphatic hydroxyl groups is 1. The maximum absolute atomic E-state index is 13.1. The first-order chi connectivity index (χ1) is 13.5. The van der Waals surface area contributed by atoms with Crippen LogP contribution in [0.3, 0.4) is 0 Å². The molecule has 0 aliphatic carbocycles. The number of hydrogen-bond donors (Lipinski definition) is 1. The molecule has 1 aromatic heterocycles. The van der Waals surface area contributed by atoms with Crippen LogP contribution in [0, 0.1) is 11.8 Å². The van der Waals surface area contributed by atoms with Crippen molar-refractivity contribution in [3.63, 3.8) is 0 Å². The van der Waals surface area contributed by atoms with Crippen molar-refractivity contribution in [2.24, 2.45) is 4.36 Å². The van der Waals surface area contributed by atoms with Gasteiger partial charge in [0.1, 0.15) is 0 Å². The van der Waals surface area contributed by atoms with Crippen LogP contribution in [-0.2, 0) is 14.5 Å². The first kappa shape index (κ1) is 19.8. The standard InChI is InChI=1S/C22H20N2O3S/c1-27-22(25)21-15-13-17(16-23-21)12-14-18-8-6-7-11-20(18)24-28(2,26)19-9-4-3-5-10-19/h3-11,13,15-16,22,25H,1-2H3. The molecule has 0 aliphatic heterocycles. The Labute approximate surface area is 165 Å². The minimum absolute atomic E-state index is 0.414. The second-order valence-corrected chi connectivity index (χ2v) is 8.29. The van der Waals surface area contributed by atoms with E-state index in [1.54, 1.807) is 30.7 Å². The molecule has 0 saturated carbocycles. The molecule has 2 unspecified atom stereocenters. The fourth-order valence-electron chi connectivity index (χ4n) is 2.46. The maximum Gasteiger partial charge on any atom is 0.198 e. The van der Waals surface area contributed by atoms with Crippen molar-refractivity contribution in [2.75, 3.05) is 13.4 Å². The van der Waals surface area contributed by atoms with Crippen LogP contribution in [0.2, 0.25) is 0 Å². The van der Waals surface area contributed by atoms with Gasteiger partial charge in [-0.15, -0.1) is 0 Å². The summed E-state index contributed by atoms with van der Waals surface area (Å²) in [6.07, 6.45) is 2.13. The van der Waals surface area contributed by atoms with E-state index in [-0.39, 0.29) is 0 Å². The summed E-state index contributed by atoms with van der Waals surface area (Å²) < 4.78 is 22.4. The smallest absolute Gasteiger partial charge is 0.198 e. The summed E-state index contributed by atoms with van der Waals surface area (Å²) in [5.41, 5.74) is 2.35. The van der Waals surface area contributed by atoms with E-state index in [9.17, 15) is 9.32 Å². The summed E-state index contributed by atoms with van der Waals surface area (Å²) in [7, 11) is -1.18. The van der Waals surface area contributed by atoms with Gasteiger partial charge >= 0.3 is 0 Å². The highest BCUT2D eigenvalue weighted by molar-refractivity contribution is 7.93. The molecule has 3 aromatic rings. The SMILES string of the molecule is COC(O)c1ccc(C#Cc2ccccc2N=S(C)(=O)c2ccccc2)cn1. The molecule has 3 rings (SSSR count). The van der Waals surface area contributed by atoms with Gasteiger partial charge in [0, 0.05) is 30.0 Å². The highest BCUT2D eigenvalue weighted by Gasteiger charge is 2.08. The van der Waals surface area contributed by atoms with E-state index in [2.05, 4.69) is 21.2 Å². The summed E-state index contributed by atoms with van der Waals surface area (Å²) in [4.78, 5) is 4.81. The number of rotatable bonds is 4. The maximum atomic E-state index is 13.1. The van der Waals surface area contributed by atoms with Crippen molar-refractivity contribution in [1.29, 1.82) is 0 Å². The molecule has 142 valence electrons. The zero-order valence-corrected chi connectivity index (χ0v) is 16.4. The lowest BCUT2D eigenvalue weighted by molar-refractivity contribution is -0.0798. The summed E-state index contributed by atoms with van der Waals surface area (Å²) in [6, 6.07) is 19.9. The number of aliphatic hydroxyl groups excluding tert-OH is 1. The molecule has 6 heteroatoms. The number of benzene rings is 2. The van der Waals surface area contributed by atoms with Gasteiger partial charge in [0.05, 0.1) is 26.7 Å². The van der Waals surface area contributed by atoms with Gasteiger partial charge in [-0.3, -0.25) is 4.98 Å². The number of hydrogen-bond acceptors (Lipinski definition) is 5. The van der Waals surface area contributed by atoms with Crippen LogP contribution < -0.4 is 0 Å². The van der Waals surface area contributed by atoms with Crippen LogP contribution in [0.15, 0.2) is 82.2 Å². The van der Waals surface area contributed by atoms with Gasteiger partial charge in [-0.25, -0.2) is 4.21 Å². The minimum atomic E-state index is -2.58. The van der Waals surface area contributed by atoms with E-state index in [0.29, 0.717) is 27.4 Å². The highest BCUT2D eigenvalue weighted by Crippen LogP contribution is 2.23. The molecule has 0 fully saturated rings. The minimum Gasteiger partial charge on any atom is -0.363 e. The lowest BCUT2D eigenvalue weighted by Crippen LogP contribution is -2.01. The molecule has 0 amide bonds. The molecule has 5 nitrogen and oxygen atoms in total. The summed E-state index contributed by atoms with van der Waals surface area (Å²) in [6.45, 7) is 0. The second kappa shape index (κ2) is 8.81. The summed E-state index contributed by atoms with van der Waals surface area (Å²) >= 11 is 0. The second-order valence-electron chi connectivity index (χ2n) is 6.03. The molecule has 2 atom stereocenters. The topological polar surface area (TPSA) is 71.8 Å². The average molecular weight is 392 g/mol. The molecule has 0 spiro atoms. The van der Waals surface area contributed by atoms with Crippen LogP contribution in [0.4, 0.5) is 5.69 Å². The number of methoxy groups -OCH3 is 1. The van der Waals surface area contributed by atoms with Crippen molar-refractivity contribution in [3.05, 3.63) is 89.7 Å². The lowest BCUT2D eigenvalue weighted by atomic mass is 10.1. The molecule has 0 saturated heterocycles. The Morgan fingerprint density at radius 3 is 2.43 bits per heavy atom. The highest BCUT2D eigenvalue weighted by atomic mass is 32.2. The van der Waals surface area contributed by atoms with E-state index < -0.39 is 16.0 Å². The lowest BCUT2D eigenvalue weighted by Gasteiger charge is -2.06. The molecule has 2 aromatic carbocycles. The molecular weight excluding hydrogens is 372 g/mol. The Kier molecular flexibility index (Phi) is 6.22. The first-order valence-corrected chi connectivity index (χ1v) is 10.5. The van der Waals surface area contributed by atoms with Crippen LogP contribution in [0.1, 0.15) is 23.1 Å². The normalized spacial score (nSPS) is 13.7. The zero-order chi connectivity index (χ0) is 20.0. The van der Waals surface area contributed by atoms with E-state index in [1.807, 2.05) is 48.5 Å². The Morgan fingerprint density at radius 1 is 1.04 bits per heavy atom. The van der Waals surface area contributed by atoms with Crippen LogP contribution in [0.25, 0.3) is 0 Å². The van der Waals surface area contributed by atoms with E-state index in [4.69, 9.17) is 4.74 Å². The van der Waals surface area contributed by atoms with Gasteiger partial charge in [-0.05, 0) is 36.4 Å². The molecular formula is C22H20N2O3S. The fraction of sp³-hybridized carbons (Fsp3) is 0.136. The predicted octanol–water partition coefficient (Wildman–Crippen LogP) is 3.91. The number of ether oxygens (including phenoxy) is 1. The number of nitrogens with zero attached hydrogens (tertiary/aromatic N) is 2. The van der Waals surface area contributed by atoms with Crippen molar-refractivity contribution < 1.29 is 14.1 Å². The Bertz CT molecular complexity index is 1120. The third-order valence-corrected chi connectivity index (χ3v) is 5.65. The van der Waals surface area contributed by atoms with Crippen LogP contribution >= 0.6 is 0 Å². The largest absolute Gasteiger partial charge is 0.363 e. The monoisotopic (exact) mass is 392 g/mol. The quantitative estimate of drug-likeness (QED) is 0.540. The van der Waals surface area contributed by atoms with E-state index >= 15 is 0 Å². The Balaban J connectivity index is 1.93. The van der Waals surface area contributed by atoms with Crippen molar-refractivity contribution in [3.8, 4) is 11.8 Å². The third kappa shape index (κ3) is 4.84. The molecule has 1 N–H and O–H groups in total. The van der Waals surface area contributed by atoms with Crippen LogP contribution in [0.5, 0.6) is 0 Å². The number of aromatic nitrogens is 1. The number of pyridine rings is 1. The fourth-order valence-corrected chi connectivity index (χ4v) is 3.76. The average Bonchev–Trinajstić information content (AvgIpc) is 2.73. The van der Waals surface area contributed by atoms with Gasteiger partial charge < -0.3 is 9.84 Å². The zero-order valence-electron chi connectivity index (χ0n) is 15.6. The van der Waals surface area contributed by atoms with Gasteiger partial charge in [0.25, 0.3) is 0 Å². The van der Waals surface area contributed by atoms with Gasteiger partial charge in [0.15, 0.2) is 6.29 Å². The third-order valence-electron chi connectivity index (χ3n) is 3.96. The van der Waals surface area contributed by atoms with Gasteiger partial charge in [-0.2, -0.15) is 4.36 Å². The van der Waals surface area contributed by atoms with Crippen molar-refractivity contribution in [2.45, 2.75) is 11.2 Å². The van der Waals surface area contributed by atoms with Crippen molar-refractivity contribution >= 4 is 15.4 Å². The molecule has 28 heavy (non-hydrogen) atoms. The Morgan fingerprint density at radius 2 is 1.75 bits per heavy atom. The van der Waals surface area contributed by atoms with Gasteiger partial charge in [0.2, 0.25) is 0 Å². The molecule has 0 bridgehead atoms. The summed E-state index contributed by atoms with van der Waals surface area (Å²) in [5, 5.41) is 9.61. The summed E-state index contributed by atoms with van der Waals surface area (Å²) in [5.74, 6) is 6.09. The van der Waals surface area contributed by atoms with Crippen LogP contribution in [-0.4, -0.2) is 27.7 Å². The van der Waals surface area contributed by atoms with E-state index in [0.717, 1.165) is 0 Å². The molecule has 0 aliphatic rings. The molecule has 0 radical (unpaired) electrons. The molecule has 1 heterocycles. The van der Waals surface area contributed by atoms with Gasteiger partial charge in [-0.1, -0.05) is 42.2 Å². The van der Waals surface area contributed by atoms with E-state index in [1.165, 1.54) is 7.11 Å². The van der Waals surface area contributed by atoms with Crippen molar-refractivity contribution in [1.82, 2.24) is 4.98 Å². The predicted molar refractivity (Wildman–Crippen MR) is 109 cm³/mol. The Hall–Kier alpha value is -2.98. The first-order valence-electron chi connectivity index (χ1n) is 8.55.